The number of pyridine rings is 1. The molecule has 0 amide bonds. The molecule has 1 aliphatic heterocycles. The molecule has 3 nitrogen and oxygen atoms in total. The maximum Gasteiger partial charge on any atom is 0.138 e. The van der Waals surface area contributed by atoms with E-state index in [1.165, 1.54) is 0 Å². The van der Waals surface area contributed by atoms with E-state index in [1.54, 1.807) is 12.4 Å². The molecule has 1 aliphatic rings. The van der Waals surface area contributed by atoms with Crippen LogP contribution in [0.2, 0.25) is 0 Å². The second kappa shape index (κ2) is 6.48. The Bertz CT molecular complexity index is 419. The van der Waals surface area contributed by atoms with Gasteiger partial charge in [-0.05, 0) is 18.9 Å². The van der Waals surface area contributed by atoms with Gasteiger partial charge in [0.25, 0.3) is 0 Å². The third kappa shape index (κ3) is 3.92. The topological polar surface area (TPSA) is 31.4 Å². The summed E-state index contributed by atoms with van der Waals surface area (Å²) in [7, 11) is 0. The minimum absolute atomic E-state index is 0.215. The van der Waals surface area contributed by atoms with E-state index in [9.17, 15) is 0 Å². The van der Waals surface area contributed by atoms with Crippen LogP contribution in [0.5, 0.6) is 5.75 Å². The maximum atomic E-state index is 5.62. The highest BCUT2D eigenvalue weighted by atomic mass is 35.5. The van der Waals surface area contributed by atoms with Crippen molar-refractivity contribution in [1.29, 1.82) is 0 Å². The standard InChI is InChI=1S/C13H14ClNO2/c14-5-1-3-11-7-13(9-15-8-11)17-10-12-4-2-6-16-12/h7-9,12H,2,4-6,10H2. The number of nitrogens with zero attached hydrogens (tertiary/aromatic N) is 1. The van der Waals surface area contributed by atoms with Crippen LogP contribution < -0.4 is 4.74 Å². The molecule has 0 saturated carbocycles. The molecule has 0 N–H and O–H groups in total. The van der Waals surface area contributed by atoms with Gasteiger partial charge in [-0.25, -0.2) is 0 Å². The summed E-state index contributed by atoms with van der Waals surface area (Å²) in [6, 6.07) is 1.86. The summed E-state index contributed by atoms with van der Waals surface area (Å²) < 4.78 is 11.1. The highest BCUT2D eigenvalue weighted by Gasteiger charge is 2.15. The fourth-order valence-corrected chi connectivity index (χ4v) is 1.73. The van der Waals surface area contributed by atoms with E-state index in [0.717, 1.165) is 30.8 Å². The summed E-state index contributed by atoms with van der Waals surface area (Å²) in [6.07, 6.45) is 5.78. The molecule has 0 aliphatic carbocycles. The highest BCUT2D eigenvalue weighted by Crippen LogP contribution is 2.15. The Labute approximate surface area is 106 Å². The third-order valence-corrected chi connectivity index (χ3v) is 2.61. The number of alkyl halides is 1. The van der Waals surface area contributed by atoms with Gasteiger partial charge in [-0.15, -0.1) is 11.6 Å². The molecule has 1 saturated heterocycles. The Hall–Kier alpha value is -1.24. The van der Waals surface area contributed by atoms with E-state index >= 15 is 0 Å². The molecule has 1 aromatic rings. The third-order valence-electron chi connectivity index (χ3n) is 2.47. The predicted octanol–water partition coefficient (Wildman–Crippen LogP) is 2.23. The molecule has 0 radical (unpaired) electrons. The Morgan fingerprint density at radius 3 is 3.24 bits per heavy atom. The number of ether oxygens (including phenoxy) is 2. The van der Waals surface area contributed by atoms with E-state index in [1.807, 2.05) is 6.07 Å². The van der Waals surface area contributed by atoms with E-state index < -0.39 is 0 Å². The van der Waals surface area contributed by atoms with Crippen molar-refractivity contribution in [2.24, 2.45) is 0 Å². The van der Waals surface area contributed by atoms with Crippen LogP contribution in [0.3, 0.4) is 0 Å². The number of hydrogen-bond acceptors (Lipinski definition) is 3. The first-order valence-electron chi connectivity index (χ1n) is 5.63. The van der Waals surface area contributed by atoms with Gasteiger partial charge < -0.3 is 9.47 Å². The minimum atomic E-state index is 0.215. The monoisotopic (exact) mass is 251 g/mol. The zero-order valence-corrected chi connectivity index (χ0v) is 10.2. The van der Waals surface area contributed by atoms with Crippen LogP contribution in [0.25, 0.3) is 0 Å². The molecule has 0 spiro atoms. The van der Waals surface area contributed by atoms with Crippen LogP contribution in [0.1, 0.15) is 18.4 Å². The summed E-state index contributed by atoms with van der Waals surface area (Å²) in [5, 5.41) is 0. The summed E-state index contributed by atoms with van der Waals surface area (Å²) in [5.74, 6) is 6.74. The predicted molar refractivity (Wildman–Crippen MR) is 66.3 cm³/mol. The van der Waals surface area contributed by atoms with Crippen molar-refractivity contribution in [3.05, 3.63) is 24.0 Å². The zero-order chi connectivity index (χ0) is 11.9. The minimum Gasteiger partial charge on any atom is -0.489 e. The average molecular weight is 252 g/mol. The highest BCUT2D eigenvalue weighted by molar-refractivity contribution is 6.19. The molecular weight excluding hydrogens is 238 g/mol. The molecule has 2 heterocycles. The summed E-state index contributed by atoms with van der Waals surface area (Å²) in [4.78, 5) is 4.07. The first kappa shape index (κ1) is 12.2. The van der Waals surface area contributed by atoms with E-state index in [4.69, 9.17) is 21.1 Å². The molecule has 0 aromatic carbocycles. The van der Waals surface area contributed by atoms with Gasteiger partial charge in [0.05, 0.1) is 18.2 Å². The van der Waals surface area contributed by atoms with Crippen molar-refractivity contribution in [3.8, 4) is 17.6 Å². The molecule has 1 aromatic heterocycles. The number of hydrogen-bond donors (Lipinski definition) is 0. The number of aromatic nitrogens is 1. The normalized spacial score (nSPS) is 18.5. The second-order valence-corrected chi connectivity index (χ2v) is 4.06. The van der Waals surface area contributed by atoms with Gasteiger partial charge in [0.2, 0.25) is 0 Å². The fourth-order valence-electron chi connectivity index (χ4n) is 1.67. The van der Waals surface area contributed by atoms with Crippen LogP contribution in [0.15, 0.2) is 18.5 Å². The first-order chi connectivity index (χ1) is 8.38. The van der Waals surface area contributed by atoms with Crippen molar-refractivity contribution >= 4 is 11.6 Å². The molecule has 1 unspecified atom stereocenters. The first-order valence-corrected chi connectivity index (χ1v) is 6.16. The Balaban J connectivity index is 1.91. The van der Waals surface area contributed by atoms with Crippen molar-refractivity contribution in [2.75, 3.05) is 19.1 Å². The summed E-state index contributed by atoms with van der Waals surface area (Å²) in [6.45, 7) is 1.42. The van der Waals surface area contributed by atoms with Crippen molar-refractivity contribution in [1.82, 2.24) is 4.98 Å². The van der Waals surface area contributed by atoms with E-state index in [0.29, 0.717) is 12.5 Å². The SMILES string of the molecule is ClCC#Cc1cncc(OCC2CCCO2)c1. The molecular formula is C13H14ClNO2. The summed E-state index contributed by atoms with van der Waals surface area (Å²) in [5.41, 5.74) is 0.815. The molecule has 1 atom stereocenters. The fraction of sp³-hybridized carbons (Fsp3) is 0.462. The lowest BCUT2D eigenvalue weighted by molar-refractivity contribution is 0.0678. The molecule has 1 fully saturated rings. The van der Waals surface area contributed by atoms with Crippen LogP contribution >= 0.6 is 11.6 Å². The molecule has 4 heteroatoms. The lowest BCUT2D eigenvalue weighted by atomic mass is 10.2. The Morgan fingerprint density at radius 1 is 1.53 bits per heavy atom. The maximum absolute atomic E-state index is 5.62. The molecule has 0 bridgehead atoms. The van der Waals surface area contributed by atoms with Gasteiger partial charge in [-0.2, -0.15) is 0 Å². The van der Waals surface area contributed by atoms with Gasteiger partial charge in [0, 0.05) is 18.4 Å². The van der Waals surface area contributed by atoms with Crippen LogP contribution in [-0.2, 0) is 4.74 Å². The second-order valence-electron chi connectivity index (χ2n) is 3.79. The van der Waals surface area contributed by atoms with Gasteiger partial charge in [0.1, 0.15) is 12.4 Å². The zero-order valence-electron chi connectivity index (χ0n) is 9.49. The lowest BCUT2D eigenvalue weighted by Gasteiger charge is -2.10. The van der Waals surface area contributed by atoms with Gasteiger partial charge >= 0.3 is 0 Å². The van der Waals surface area contributed by atoms with Crippen molar-refractivity contribution in [3.63, 3.8) is 0 Å². The van der Waals surface area contributed by atoms with E-state index in [-0.39, 0.29) is 6.10 Å². The Morgan fingerprint density at radius 2 is 2.47 bits per heavy atom. The Kier molecular flexibility index (Phi) is 4.66. The average Bonchev–Trinajstić information content (AvgIpc) is 2.87. The van der Waals surface area contributed by atoms with E-state index in [2.05, 4.69) is 16.8 Å². The smallest absolute Gasteiger partial charge is 0.138 e. The number of rotatable bonds is 3. The molecule has 17 heavy (non-hydrogen) atoms. The van der Waals surface area contributed by atoms with Crippen LogP contribution in [0, 0.1) is 11.8 Å². The van der Waals surface area contributed by atoms with Gasteiger partial charge in [-0.3, -0.25) is 4.98 Å². The molecule has 90 valence electrons. The van der Waals surface area contributed by atoms with Crippen LogP contribution in [0.4, 0.5) is 0 Å². The largest absolute Gasteiger partial charge is 0.489 e. The summed E-state index contributed by atoms with van der Waals surface area (Å²) >= 11 is 5.50. The quantitative estimate of drug-likeness (QED) is 0.610. The lowest BCUT2D eigenvalue weighted by Crippen LogP contribution is -2.16. The van der Waals surface area contributed by atoms with Crippen molar-refractivity contribution in [2.45, 2.75) is 18.9 Å². The van der Waals surface area contributed by atoms with Gasteiger partial charge in [0.15, 0.2) is 0 Å². The van der Waals surface area contributed by atoms with Crippen molar-refractivity contribution < 1.29 is 9.47 Å². The number of halogens is 1. The molecule has 2 rings (SSSR count). The van der Waals surface area contributed by atoms with Crippen LogP contribution in [-0.4, -0.2) is 30.2 Å². The van der Waals surface area contributed by atoms with Gasteiger partial charge in [-0.1, -0.05) is 11.8 Å².